The molecule has 3 aromatic rings. The first-order valence-electron chi connectivity index (χ1n) is 8.44. The van der Waals surface area contributed by atoms with Gasteiger partial charge in [0.2, 0.25) is 0 Å². The Bertz CT molecular complexity index is 816. The van der Waals surface area contributed by atoms with E-state index in [1.165, 1.54) is 12.1 Å². The minimum absolute atomic E-state index is 0.0693. The molecule has 1 aromatic heterocycles. The van der Waals surface area contributed by atoms with Crippen molar-refractivity contribution in [1.82, 2.24) is 15.1 Å². The minimum atomic E-state index is -0.267. The first kappa shape index (κ1) is 18.1. The molecule has 0 fully saturated rings. The van der Waals surface area contributed by atoms with Gasteiger partial charge in [0.15, 0.2) is 0 Å². The fourth-order valence-electron chi connectivity index (χ4n) is 2.88. The molecule has 26 heavy (non-hydrogen) atoms. The number of ether oxygens (including phenoxy) is 1. The summed E-state index contributed by atoms with van der Waals surface area (Å²) >= 11 is 0. The van der Waals surface area contributed by atoms with Gasteiger partial charge in [-0.1, -0.05) is 12.1 Å². The van der Waals surface area contributed by atoms with E-state index in [0.29, 0.717) is 19.6 Å². The molecule has 0 spiro atoms. The molecule has 3 rings (SSSR count). The number of aromatic nitrogens is 2. The summed E-state index contributed by atoms with van der Waals surface area (Å²) in [7, 11) is 1.64. The molecule has 0 aliphatic carbocycles. The Hall–Kier alpha value is -2.70. The van der Waals surface area contributed by atoms with Gasteiger partial charge in [0.1, 0.15) is 11.6 Å². The molecule has 0 radical (unpaired) electrons. The Kier molecular flexibility index (Phi) is 5.99. The van der Waals surface area contributed by atoms with Crippen molar-refractivity contribution >= 4 is 0 Å². The summed E-state index contributed by atoms with van der Waals surface area (Å²) < 4.78 is 18.4. The molecule has 0 aliphatic heterocycles. The van der Waals surface area contributed by atoms with Crippen LogP contribution in [0.25, 0.3) is 11.3 Å². The van der Waals surface area contributed by atoms with Gasteiger partial charge in [-0.3, -0.25) is 10.00 Å². The largest absolute Gasteiger partial charge is 0.497 e. The third-order valence-electron chi connectivity index (χ3n) is 4.23. The van der Waals surface area contributed by atoms with Crippen LogP contribution in [0.1, 0.15) is 11.1 Å². The van der Waals surface area contributed by atoms with E-state index < -0.39 is 0 Å². The van der Waals surface area contributed by atoms with Gasteiger partial charge < -0.3 is 9.84 Å². The van der Waals surface area contributed by atoms with Crippen LogP contribution in [-0.4, -0.2) is 40.5 Å². The number of methoxy groups -OCH3 is 1. The molecule has 5 nitrogen and oxygen atoms in total. The number of hydrogen-bond donors (Lipinski definition) is 2. The molecule has 6 heteroatoms. The van der Waals surface area contributed by atoms with Crippen LogP contribution in [0.2, 0.25) is 0 Å². The highest BCUT2D eigenvalue weighted by atomic mass is 19.1. The summed E-state index contributed by atoms with van der Waals surface area (Å²) in [4.78, 5) is 2.14. The van der Waals surface area contributed by atoms with Crippen LogP contribution in [0.15, 0.2) is 54.7 Å². The van der Waals surface area contributed by atoms with Crippen molar-refractivity contribution in [2.75, 3.05) is 20.3 Å². The van der Waals surface area contributed by atoms with Gasteiger partial charge >= 0.3 is 0 Å². The van der Waals surface area contributed by atoms with Crippen molar-refractivity contribution in [3.05, 3.63) is 71.7 Å². The Morgan fingerprint density at radius 3 is 2.46 bits per heavy atom. The lowest BCUT2D eigenvalue weighted by atomic mass is 10.1. The van der Waals surface area contributed by atoms with E-state index in [-0.39, 0.29) is 12.4 Å². The fraction of sp³-hybridized carbons (Fsp3) is 0.250. The maximum Gasteiger partial charge on any atom is 0.123 e. The van der Waals surface area contributed by atoms with Crippen LogP contribution in [0.3, 0.4) is 0 Å². The van der Waals surface area contributed by atoms with Crippen molar-refractivity contribution in [2.45, 2.75) is 13.1 Å². The fourth-order valence-corrected chi connectivity index (χ4v) is 2.88. The van der Waals surface area contributed by atoms with E-state index in [0.717, 1.165) is 28.1 Å². The molecular formula is C20H22FN3O2. The van der Waals surface area contributed by atoms with Crippen LogP contribution < -0.4 is 4.74 Å². The number of nitrogens with zero attached hydrogens (tertiary/aromatic N) is 2. The normalized spacial score (nSPS) is 11.1. The highest BCUT2D eigenvalue weighted by molar-refractivity contribution is 5.62. The highest BCUT2D eigenvalue weighted by Crippen LogP contribution is 2.23. The van der Waals surface area contributed by atoms with Crippen LogP contribution >= 0.6 is 0 Å². The number of aliphatic hydroxyl groups excluding tert-OH is 1. The summed E-state index contributed by atoms with van der Waals surface area (Å²) in [6.07, 6.45) is 1.77. The first-order chi connectivity index (χ1) is 12.7. The number of aliphatic hydroxyl groups is 1. The maximum atomic E-state index is 13.2. The predicted molar refractivity (Wildman–Crippen MR) is 98.2 cm³/mol. The van der Waals surface area contributed by atoms with Crippen molar-refractivity contribution in [3.63, 3.8) is 0 Å². The quantitative estimate of drug-likeness (QED) is 0.651. The summed E-state index contributed by atoms with van der Waals surface area (Å²) in [5.41, 5.74) is 3.87. The molecule has 0 aliphatic rings. The van der Waals surface area contributed by atoms with Gasteiger partial charge in [-0.2, -0.15) is 5.10 Å². The summed E-state index contributed by atoms with van der Waals surface area (Å²) in [6, 6.07) is 14.2. The van der Waals surface area contributed by atoms with Gasteiger partial charge in [0.05, 0.1) is 25.6 Å². The minimum Gasteiger partial charge on any atom is -0.497 e. The summed E-state index contributed by atoms with van der Waals surface area (Å²) in [5, 5.41) is 16.5. The number of aromatic amines is 1. The monoisotopic (exact) mass is 355 g/mol. The van der Waals surface area contributed by atoms with Crippen molar-refractivity contribution < 1.29 is 14.2 Å². The molecule has 2 aromatic carbocycles. The zero-order valence-corrected chi connectivity index (χ0v) is 14.7. The predicted octanol–water partition coefficient (Wildman–Crippen LogP) is 3.22. The lowest BCUT2D eigenvalue weighted by Crippen LogP contribution is -2.26. The van der Waals surface area contributed by atoms with E-state index in [1.807, 2.05) is 24.3 Å². The molecule has 0 unspecified atom stereocenters. The second-order valence-corrected chi connectivity index (χ2v) is 6.06. The number of rotatable bonds is 8. The van der Waals surface area contributed by atoms with Gasteiger partial charge in [-0.05, 0) is 42.0 Å². The van der Waals surface area contributed by atoms with Crippen molar-refractivity contribution in [2.24, 2.45) is 0 Å². The average molecular weight is 355 g/mol. The average Bonchev–Trinajstić information content (AvgIpc) is 3.11. The van der Waals surface area contributed by atoms with Gasteiger partial charge in [0, 0.05) is 30.8 Å². The van der Waals surface area contributed by atoms with Crippen LogP contribution in [0.4, 0.5) is 4.39 Å². The molecular weight excluding hydrogens is 333 g/mol. The first-order valence-corrected chi connectivity index (χ1v) is 8.44. The van der Waals surface area contributed by atoms with E-state index in [1.54, 1.807) is 25.4 Å². The number of benzene rings is 2. The zero-order valence-electron chi connectivity index (χ0n) is 14.7. The number of nitrogens with one attached hydrogen (secondary N) is 1. The van der Waals surface area contributed by atoms with Gasteiger partial charge in [0.25, 0.3) is 0 Å². The van der Waals surface area contributed by atoms with E-state index in [2.05, 4.69) is 15.1 Å². The number of halogens is 1. The van der Waals surface area contributed by atoms with Gasteiger partial charge in [-0.15, -0.1) is 0 Å². The number of hydrogen-bond acceptors (Lipinski definition) is 4. The van der Waals surface area contributed by atoms with Crippen LogP contribution in [0, 0.1) is 5.82 Å². The molecule has 0 atom stereocenters. The topological polar surface area (TPSA) is 61.4 Å². The Morgan fingerprint density at radius 1 is 1.08 bits per heavy atom. The summed E-state index contributed by atoms with van der Waals surface area (Å²) in [6.45, 7) is 1.92. The lowest BCUT2D eigenvalue weighted by Gasteiger charge is -2.21. The standard InChI is InChI=1S/C20H22FN3O2/c1-26-19-8-2-15(3-9-19)13-24(10-11-25)14-17-12-22-23-20(17)16-4-6-18(21)7-5-16/h2-9,12,25H,10-11,13-14H2,1H3,(H,22,23). The van der Waals surface area contributed by atoms with E-state index in [4.69, 9.17) is 4.74 Å². The van der Waals surface area contributed by atoms with E-state index in [9.17, 15) is 9.50 Å². The molecule has 2 N–H and O–H groups in total. The van der Waals surface area contributed by atoms with Gasteiger partial charge in [-0.25, -0.2) is 4.39 Å². The molecule has 0 saturated carbocycles. The summed E-state index contributed by atoms with van der Waals surface area (Å²) in [5.74, 6) is 0.548. The third kappa shape index (κ3) is 4.47. The molecule has 0 bridgehead atoms. The third-order valence-corrected chi connectivity index (χ3v) is 4.23. The smallest absolute Gasteiger partial charge is 0.123 e. The van der Waals surface area contributed by atoms with Crippen molar-refractivity contribution in [3.8, 4) is 17.0 Å². The SMILES string of the molecule is COc1ccc(CN(CCO)Cc2cn[nH]c2-c2ccc(F)cc2)cc1. The lowest BCUT2D eigenvalue weighted by molar-refractivity contribution is 0.184. The Labute approximate surface area is 152 Å². The molecule has 0 saturated heterocycles. The molecule has 136 valence electrons. The Morgan fingerprint density at radius 2 is 1.81 bits per heavy atom. The zero-order chi connectivity index (χ0) is 18.4. The Balaban J connectivity index is 1.75. The maximum absolute atomic E-state index is 13.2. The van der Waals surface area contributed by atoms with Crippen LogP contribution in [0.5, 0.6) is 5.75 Å². The molecule has 1 heterocycles. The highest BCUT2D eigenvalue weighted by Gasteiger charge is 2.13. The number of H-pyrrole nitrogens is 1. The van der Waals surface area contributed by atoms with Crippen LogP contribution in [-0.2, 0) is 13.1 Å². The van der Waals surface area contributed by atoms with E-state index >= 15 is 0 Å². The second kappa shape index (κ2) is 8.60. The molecule has 0 amide bonds. The second-order valence-electron chi connectivity index (χ2n) is 6.06. The van der Waals surface area contributed by atoms with Crippen molar-refractivity contribution in [1.29, 1.82) is 0 Å².